The molecule has 0 bridgehead atoms. The molecule has 0 saturated carbocycles. The molecule has 2 aliphatic rings. The number of hydrogen-bond acceptors (Lipinski definition) is 5. The average molecular weight is 409 g/mol. The van der Waals surface area contributed by atoms with Gasteiger partial charge in [0.25, 0.3) is 5.91 Å². The Hall–Kier alpha value is -2.60. The number of carbonyl (C=O) groups is 1. The van der Waals surface area contributed by atoms with Crippen LogP contribution in [0.25, 0.3) is 0 Å². The third-order valence-corrected chi connectivity index (χ3v) is 6.22. The van der Waals surface area contributed by atoms with E-state index in [9.17, 15) is 4.79 Å². The van der Waals surface area contributed by atoms with Gasteiger partial charge in [0.1, 0.15) is 5.82 Å². The van der Waals surface area contributed by atoms with Crippen molar-refractivity contribution in [2.45, 2.75) is 39.9 Å². The van der Waals surface area contributed by atoms with Crippen LogP contribution in [0.3, 0.4) is 0 Å². The van der Waals surface area contributed by atoms with Crippen LogP contribution in [0.1, 0.15) is 35.3 Å². The van der Waals surface area contributed by atoms with Crippen LogP contribution < -0.4 is 9.80 Å². The number of pyridine rings is 1. The summed E-state index contributed by atoms with van der Waals surface area (Å²) in [6.45, 7) is 13.3. The van der Waals surface area contributed by atoms with E-state index >= 15 is 0 Å². The number of nitrogens with zero attached hydrogens (tertiary/aromatic N) is 4. The molecule has 160 valence electrons. The molecule has 0 spiro atoms. The Balaban J connectivity index is 1.38. The summed E-state index contributed by atoms with van der Waals surface area (Å²) in [5, 5.41) is 0. The first-order chi connectivity index (χ1) is 14.4. The summed E-state index contributed by atoms with van der Waals surface area (Å²) in [7, 11) is 0. The first kappa shape index (κ1) is 20.7. The number of anilines is 2. The lowest BCUT2D eigenvalue weighted by Crippen LogP contribution is -2.49. The number of aromatic nitrogens is 1. The fourth-order valence-electron chi connectivity index (χ4n) is 4.48. The Kier molecular flexibility index (Phi) is 5.95. The number of morpholine rings is 1. The van der Waals surface area contributed by atoms with Crippen LogP contribution in [0.4, 0.5) is 11.5 Å². The summed E-state index contributed by atoms with van der Waals surface area (Å²) in [5.41, 5.74) is 4.57. The van der Waals surface area contributed by atoms with Gasteiger partial charge in [-0.15, -0.1) is 0 Å². The lowest BCUT2D eigenvalue weighted by molar-refractivity contribution is -0.00546. The SMILES string of the molecule is Cc1cccc(N2CCN(C(=O)c3ccc(N4C[C@@H](C)O[C@H](C)C4)nc3)CC2)c1C. The van der Waals surface area contributed by atoms with Crippen LogP contribution in [-0.4, -0.2) is 67.3 Å². The van der Waals surface area contributed by atoms with Crippen molar-refractivity contribution in [3.8, 4) is 0 Å². The first-order valence-electron chi connectivity index (χ1n) is 10.9. The quantitative estimate of drug-likeness (QED) is 0.780. The summed E-state index contributed by atoms with van der Waals surface area (Å²) in [4.78, 5) is 24.1. The second-order valence-corrected chi connectivity index (χ2v) is 8.57. The summed E-state index contributed by atoms with van der Waals surface area (Å²) in [6.07, 6.45) is 2.09. The van der Waals surface area contributed by atoms with E-state index in [0.717, 1.165) is 45.1 Å². The maximum atomic E-state index is 13.0. The summed E-state index contributed by atoms with van der Waals surface area (Å²) < 4.78 is 5.80. The van der Waals surface area contributed by atoms with Gasteiger partial charge in [0, 0.05) is 51.2 Å². The van der Waals surface area contributed by atoms with E-state index in [1.807, 2.05) is 17.0 Å². The third-order valence-electron chi connectivity index (χ3n) is 6.22. The Morgan fingerprint density at radius 3 is 2.30 bits per heavy atom. The van der Waals surface area contributed by atoms with Gasteiger partial charge in [-0.3, -0.25) is 4.79 Å². The van der Waals surface area contributed by atoms with Gasteiger partial charge in [-0.1, -0.05) is 12.1 Å². The van der Waals surface area contributed by atoms with Gasteiger partial charge < -0.3 is 19.4 Å². The molecule has 4 rings (SSSR count). The number of carbonyl (C=O) groups excluding carboxylic acids is 1. The lowest BCUT2D eigenvalue weighted by atomic mass is 10.1. The van der Waals surface area contributed by atoms with Crippen LogP contribution in [0, 0.1) is 13.8 Å². The second-order valence-electron chi connectivity index (χ2n) is 8.57. The summed E-state index contributed by atoms with van der Waals surface area (Å²) in [5.74, 6) is 0.978. The van der Waals surface area contributed by atoms with Gasteiger partial charge in [-0.2, -0.15) is 0 Å². The number of benzene rings is 1. The van der Waals surface area contributed by atoms with E-state index in [-0.39, 0.29) is 18.1 Å². The Bertz CT molecular complexity index is 881. The highest BCUT2D eigenvalue weighted by molar-refractivity contribution is 5.94. The van der Waals surface area contributed by atoms with Crippen LogP contribution in [0.15, 0.2) is 36.5 Å². The fourth-order valence-corrected chi connectivity index (χ4v) is 4.48. The Morgan fingerprint density at radius 1 is 0.967 bits per heavy atom. The molecule has 0 N–H and O–H groups in total. The molecule has 2 atom stereocenters. The molecule has 1 aromatic heterocycles. The molecule has 2 aliphatic heterocycles. The molecule has 0 radical (unpaired) electrons. The molecule has 30 heavy (non-hydrogen) atoms. The number of ether oxygens (including phenoxy) is 1. The average Bonchev–Trinajstić information content (AvgIpc) is 2.75. The maximum absolute atomic E-state index is 13.0. The van der Waals surface area contributed by atoms with Crippen molar-refractivity contribution >= 4 is 17.4 Å². The Labute approximate surface area is 179 Å². The molecule has 2 aromatic rings. The molecule has 6 nitrogen and oxygen atoms in total. The monoisotopic (exact) mass is 408 g/mol. The van der Waals surface area contributed by atoms with Crippen molar-refractivity contribution in [3.05, 3.63) is 53.2 Å². The zero-order valence-corrected chi connectivity index (χ0v) is 18.5. The molecule has 3 heterocycles. The van der Waals surface area contributed by atoms with Crippen LogP contribution >= 0.6 is 0 Å². The van der Waals surface area contributed by atoms with Crippen molar-refractivity contribution in [2.24, 2.45) is 0 Å². The van der Waals surface area contributed by atoms with Gasteiger partial charge in [0.2, 0.25) is 0 Å². The van der Waals surface area contributed by atoms with Crippen molar-refractivity contribution in [1.82, 2.24) is 9.88 Å². The van der Waals surface area contributed by atoms with Gasteiger partial charge in [-0.25, -0.2) is 4.98 Å². The fraction of sp³-hybridized carbons (Fsp3) is 0.500. The minimum absolute atomic E-state index is 0.0679. The topological polar surface area (TPSA) is 48.9 Å². The van der Waals surface area contributed by atoms with Crippen molar-refractivity contribution < 1.29 is 9.53 Å². The van der Waals surface area contributed by atoms with Gasteiger partial charge in [0.05, 0.1) is 17.8 Å². The minimum atomic E-state index is 0.0679. The predicted molar refractivity (Wildman–Crippen MR) is 120 cm³/mol. The normalized spacial score (nSPS) is 22.3. The minimum Gasteiger partial charge on any atom is -0.372 e. The number of piperazine rings is 1. The summed E-state index contributed by atoms with van der Waals surface area (Å²) in [6, 6.07) is 10.3. The van der Waals surface area contributed by atoms with E-state index in [4.69, 9.17) is 4.74 Å². The van der Waals surface area contributed by atoms with Crippen LogP contribution in [0.2, 0.25) is 0 Å². The number of aryl methyl sites for hydroxylation is 1. The molecule has 1 amide bonds. The van der Waals surface area contributed by atoms with E-state index in [1.54, 1.807) is 6.20 Å². The predicted octanol–water partition coefficient (Wildman–Crippen LogP) is 3.27. The summed E-state index contributed by atoms with van der Waals surface area (Å²) >= 11 is 0. The van der Waals surface area contributed by atoms with Gasteiger partial charge in [0.15, 0.2) is 0 Å². The molecular weight excluding hydrogens is 376 g/mol. The number of hydrogen-bond donors (Lipinski definition) is 0. The highest BCUT2D eigenvalue weighted by Crippen LogP contribution is 2.24. The van der Waals surface area contributed by atoms with E-state index in [0.29, 0.717) is 5.56 Å². The molecular formula is C24H32N4O2. The van der Waals surface area contributed by atoms with E-state index < -0.39 is 0 Å². The standard InChI is InChI=1S/C24H32N4O2/c1-17-6-5-7-22(20(17)4)26-10-12-27(13-11-26)24(29)21-8-9-23(25-14-21)28-15-18(2)30-19(3)16-28/h5-9,14,18-19H,10-13,15-16H2,1-4H3/t18-,19-/m1/s1. The Morgan fingerprint density at radius 2 is 1.67 bits per heavy atom. The van der Waals surface area contributed by atoms with Crippen LogP contribution in [0.5, 0.6) is 0 Å². The molecule has 2 fully saturated rings. The van der Waals surface area contributed by atoms with Gasteiger partial charge >= 0.3 is 0 Å². The highest BCUT2D eigenvalue weighted by Gasteiger charge is 2.25. The van der Waals surface area contributed by atoms with Crippen molar-refractivity contribution in [1.29, 1.82) is 0 Å². The number of amides is 1. The second kappa shape index (κ2) is 8.64. The van der Waals surface area contributed by atoms with E-state index in [2.05, 4.69) is 60.7 Å². The third kappa shape index (κ3) is 4.29. The first-order valence-corrected chi connectivity index (χ1v) is 10.9. The number of rotatable bonds is 3. The smallest absolute Gasteiger partial charge is 0.255 e. The zero-order chi connectivity index (χ0) is 21.3. The molecule has 0 aliphatic carbocycles. The maximum Gasteiger partial charge on any atom is 0.255 e. The van der Waals surface area contributed by atoms with Gasteiger partial charge in [-0.05, 0) is 57.0 Å². The molecule has 2 saturated heterocycles. The largest absolute Gasteiger partial charge is 0.372 e. The zero-order valence-electron chi connectivity index (χ0n) is 18.5. The van der Waals surface area contributed by atoms with Crippen LogP contribution in [-0.2, 0) is 4.74 Å². The van der Waals surface area contributed by atoms with E-state index in [1.165, 1.54) is 16.8 Å². The molecule has 0 unspecified atom stereocenters. The molecule has 6 heteroatoms. The molecule has 1 aromatic carbocycles. The van der Waals surface area contributed by atoms with Crippen molar-refractivity contribution in [2.75, 3.05) is 49.1 Å². The lowest BCUT2D eigenvalue weighted by Gasteiger charge is -2.37. The van der Waals surface area contributed by atoms with Crippen molar-refractivity contribution in [3.63, 3.8) is 0 Å². The highest BCUT2D eigenvalue weighted by atomic mass is 16.5.